The predicted molar refractivity (Wildman–Crippen MR) is 143 cm³/mol. The van der Waals surface area contributed by atoms with E-state index in [-0.39, 0.29) is 61.6 Å². The van der Waals surface area contributed by atoms with Gasteiger partial charge in [0.1, 0.15) is 11.5 Å². The molecule has 0 aliphatic carbocycles. The molecule has 1 aliphatic rings. The van der Waals surface area contributed by atoms with E-state index in [9.17, 15) is 32.7 Å². The Morgan fingerprint density at radius 1 is 1.13 bits per heavy atom. The molecular formula is C27H26ClF3N2O5S. The van der Waals surface area contributed by atoms with Crippen LogP contribution in [0, 0.1) is 5.92 Å². The summed E-state index contributed by atoms with van der Waals surface area (Å²) in [5, 5.41) is 19.9. The second kappa shape index (κ2) is 12.0. The molecule has 2 heterocycles. The number of benzene rings is 2. The topological polar surface area (TPSA) is 111 Å². The highest BCUT2D eigenvalue weighted by Crippen LogP contribution is 2.42. The Morgan fingerprint density at radius 2 is 1.85 bits per heavy atom. The van der Waals surface area contributed by atoms with Gasteiger partial charge in [-0.15, -0.1) is 11.8 Å². The van der Waals surface area contributed by atoms with E-state index in [1.807, 2.05) is 0 Å². The van der Waals surface area contributed by atoms with Crippen LogP contribution in [-0.4, -0.2) is 57.2 Å². The summed E-state index contributed by atoms with van der Waals surface area (Å²) >= 11 is 7.02. The third-order valence-electron chi connectivity index (χ3n) is 6.77. The van der Waals surface area contributed by atoms with Gasteiger partial charge in [-0.25, -0.2) is 0 Å². The van der Waals surface area contributed by atoms with Crippen molar-refractivity contribution in [3.63, 3.8) is 0 Å². The van der Waals surface area contributed by atoms with Gasteiger partial charge >= 0.3 is 12.1 Å². The molecule has 0 unspecified atom stereocenters. The first kappa shape index (κ1) is 29.0. The van der Waals surface area contributed by atoms with Crippen molar-refractivity contribution in [2.45, 2.75) is 36.8 Å². The normalized spacial score (nSPS) is 15.1. The van der Waals surface area contributed by atoms with E-state index < -0.39 is 23.3 Å². The number of alkyl halides is 3. The van der Waals surface area contributed by atoms with Crippen molar-refractivity contribution in [2.24, 2.45) is 5.92 Å². The first-order valence-electron chi connectivity index (χ1n) is 12.3. The monoisotopic (exact) mass is 582 g/mol. The zero-order valence-electron chi connectivity index (χ0n) is 20.7. The van der Waals surface area contributed by atoms with Crippen LogP contribution in [-0.2, 0) is 15.8 Å². The van der Waals surface area contributed by atoms with E-state index in [2.05, 4.69) is 9.88 Å². The number of likely N-dealkylation sites (tertiary alicyclic amines) is 1. The Kier molecular flexibility index (Phi) is 8.93. The molecule has 0 spiro atoms. The molecule has 1 saturated heterocycles. The molecular weight excluding hydrogens is 557 g/mol. The summed E-state index contributed by atoms with van der Waals surface area (Å²) in [5.74, 6) is -1.64. The van der Waals surface area contributed by atoms with E-state index in [0.29, 0.717) is 38.9 Å². The lowest BCUT2D eigenvalue weighted by Crippen LogP contribution is -2.37. The number of aliphatic carboxylic acids is 1. The molecule has 4 rings (SSSR count). The molecule has 0 saturated carbocycles. The van der Waals surface area contributed by atoms with Crippen molar-refractivity contribution in [2.75, 3.05) is 25.4 Å². The summed E-state index contributed by atoms with van der Waals surface area (Å²) in [6.07, 6.45) is -2.71. The number of carbonyl (C=O) groups is 2. The van der Waals surface area contributed by atoms with Gasteiger partial charge in [0.25, 0.3) is 5.56 Å². The highest BCUT2D eigenvalue weighted by Gasteiger charge is 2.31. The van der Waals surface area contributed by atoms with Gasteiger partial charge in [0.2, 0.25) is 0 Å². The number of thioether (sulfide) groups is 1. The van der Waals surface area contributed by atoms with Gasteiger partial charge in [0.05, 0.1) is 22.1 Å². The number of ketones is 1. The van der Waals surface area contributed by atoms with Crippen LogP contribution in [0.1, 0.15) is 31.2 Å². The van der Waals surface area contributed by atoms with Crippen LogP contribution in [0.3, 0.4) is 0 Å². The van der Waals surface area contributed by atoms with Gasteiger partial charge in [0.15, 0.2) is 0 Å². The lowest BCUT2D eigenvalue weighted by atomic mass is 9.97. The van der Waals surface area contributed by atoms with Crippen molar-refractivity contribution in [1.29, 1.82) is 0 Å². The minimum atomic E-state index is -4.63. The van der Waals surface area contributed by atoms with E-state index in [4.69, 9.17) is 16.7 Å². The molecule has 0 radical (unpaired) electrons. The fourth-order valence-corrected chi connectivity index (χ4v) is 5.86. The number of aromatic hydroxyl groups is 1. The van der Waals surface area contributed by atoms with Crippen molar-refractivity contribution in [3.8, 4) is 16.9 Å². The number of piperidine rings is 1. The summed E-state index contributed by atoms with van der Waals surface area (Å²) in [7, 11) is 0. The largest absolute Gasteiger partial charge is 0.507 e. The maximum Gasteiger partial charge on any atom is 0.416 e. The number of carbonyl (C=O) groups excluding carboxylic acids is 1. The molecule has 1 aliphatic heterocycles. The number of hydrogen-bond acceptors (Lipinski definition) is 6. The summed E-state index contributed by atoms with van der Waals surface area (Å²) in [6, 6.07) is 6.99. The van der Waals surface area contributed by atoms with Gasteiger partial charge in [-0.1, -0.05) is 11.6 Å². The number of carboxylic acids is 1. The highest BCUT2D eigenvalue weighted by atomic mass is 35.5. The molecule has 1 aromatic heterocycles. The minimum Gasteiger partial charge on any atom is -0.507 e. The lowest BCUT2D eigenvalue weighted by molar-refractivity contribution is -0.143. The fourth-order valence-electron chi connectivity index (χ4n) is 4.69. The molecule has 1 fully saturated rings. The number of aromatic amines is 1. The summed E-state index contributed by atoms with van der Waals surface area (Å²) in [4.78, 5) is 41.5. The van der Waals surface area contributed by atoms with E-state index in [1.165, 1.54) is 18.2 Å². The Balaban J connectivity index is 1.55. The van der Waals surface area contributed by atoms with Crippen molar-refractivity contribution in [1.82, 2.24) is 9.88 Å². The second-order valence-electron chi connectivity index (χ2n) is 9.46. The predicted octanol–water partition coefficient (Wildman–Crippen LogP) is 5.81. The molecule has 208 valence electrons. The van der Waals surface area contributed by atoms with Crippen LogP contribution in [0.25, 0.3) is 22.0 Å². The number of rotatable bonds is 9. The number of halogens is 4. The molecule has 2 aromatic carbocycles. The van der Waals surface area contributed by atoms with Crippen LogP contribution >= 0.6 is 23.4 Å². The maximum atomic E-state index is 13.5. The number of Topliss-reactive ketones (excluding diaryl/α,β-unsaturated/α-hetero) is 1. The average Bonchev–Trinajstić information content (AvgIpc) is 2.88. The third-order valence-corrected chi connectivity index (χ3v) is 8.15. The molecule has 7 nitrogen and oxygen atoms in total. The van der Waals surface area contributed by atoms with Crippen molar-refractivity contribution in [3.05, 3.63) is 57.3 Å². The number of hydrogen-bond donors (Lipinski definition) is 3. The third kappa shape index (κ3) is 6.95. The lowest BCUT2D eigenvalue weighted by Gasteiger charge is -2.29. The molecule has 12 heteroatoms. The van der Waals surface area contributed by atoms with E-state index in [1.54, 1.807) is 0 Å². The first-order chi connectivity index (χ1) is 18.4. The van der Waals surface area contributed by atoms with Crippen LogP contribution < -0.4 is 5.56 Å². The number of aromatic nitrogens is 1. The number of phenols is 1. The smallest absolute Gasteiger partial charge is 0.416 e. The molecule has 39 heavy (non-hydrogen) atoms. The van der Waals surface area contributed by atoms with Gasteiger partial charge in [-0.3, -0.25) is 14.4 Å². The fraction of sp³-hybridized carbons (Fsp3) is 0.370. The Labute approximate surface area is 231 Å². The van der Waals surface area contributed by atoms with Crippen molar-refractivity contribution >= 4 is 46.0 Å². The zero-order chi connectivity index (χ0) is 28.3. The first-order valence-corrected chi connectivity index (χ1v) is 13.7. The standard InChI is InChI=1S/C27H26ClF3N2O5S/c28-17-4-6-22(35)20(13-17)23-19-12-16(27(29,30)31)3-5-21(19)32-25(36)24(23)39-14-18(34)2-1-9-33-10-7-15(8-11-33)26(37)38/h3-6,12-13,15,35H,1-2,7-11,14H2,(H,32,36)(H,37,38). The van der Waals surface area contributed by atoms with Crippen LogP contribution in [0.5, 0.6) is 5.75 Å². The molecule has 3 aromatic rings. The summed E-state index contributed by atoms with van der Waals surface area (Å²) in [6.45, 7) is 1.94. The van der Waals surface area contributed by atoms with Crippen LogP contribution in [0.4, 0.5) is 13.2 Å². The highest BCUT2D eigenvalue weighted by molar-refractivity contribution is 8.00. The Hall–Kier alpha value is -3.02. The average molecular weight is 583 g/mol. The SMILES string of the molecule is O=C(CCCN1CCC(C(=O)O)CC1)CSc1c(-c2cc(Cl)ccc2O)c2cc(C(F)(F)F)ccc2[nH]c1=O. The number of carboxylic acid groups (broad SMARTS) is 1. The molecule has 0 atom stereocenters. The maximum absolute atomic E-state index is 13.5. The number of nitrogens with zero attached hydrogens (tertiary/aromatic N) is 1. The van der Waals surface area contributed by atoms with Gasteiger partial charge < -0.3 is 20.1 Å². The number of fused-ring (bicyclic) bond motifs is 1. The minimum absolute atomic E-state index is 0.00323. The Bertz CT molecular complexity index is 1450. The number of phenolic OH excluding ortho intramolecular Hbond substituents is 1. The zero-order valence-corrected chi connectivity index (χ0v) is 22.3. The molecule has 3 N–H and O–H groups in total. The number of H-pyrrole nitrogens is 1. The van der Waals surface area contributed by atoms with Crippen LogP contribution in [0.15, 0.2) is 46.1 Å². The quantitative estimate of drug-likeness (QED) is 0.273. The van der Waals surface area contributed by atoms with E-state index in [0.717, 1.165) is 30.0 Å². The molecule has 0 amide bonds. The second-order valence-corrected chi connectivity index (χ2v) is 10.9. The number of nitrogens with one attached hydrogen (secondary N) is 1. The van der Waals surface area contributed by atoms with Crippen LogP contribution in [0.2, 0.25) is 5.02 Å². The van der Waals surface area contributed by atoms with E-state index >= 15 is 0 Å². The summed E-state index contributed by atoms with van der Waals surface area (Å²) < 4.78 is 40.5. The van der Waals surface area contributed by atoms with Gasteiger partial charge in [-0.2, -0.15) is 13.2 Å². The molecule has 0 bridgehead atoms. The van der Waals surface area contributed by atoms with Gasteiger partial charge in [-0.05, 0) is 75.3 Å². The number of pyridine rings is 1. The summed E-state index contributed by atoms with van der Waals surface area (Å²) in [5.41, 5.74) is -1.23. The Morgan fingerprint density at radius 3 is 2.51 bits per heavy atom. The van der Waals surface area contributed by atoms with Crippen molar-refractivity contribution < 1.29 is 33.0 Å². The van der Waals surface area contributed by atoms with Gasteiger partial charge in [0, 0.05) is 33.5 Å².